The topological polar surface area (TPSA) is 84.2 Å². The summed E-state index contributed by atoms with van der Waals surface area (Å²) in [5.74, 6) is 0. The molecule has 0 aromatic heterocycles. The Morgan fingerprint density at radius 2 is 1.25 bits per heavy atom. The smallest absolute Gasteiger partial charge is 0.0992 e. The third-order valence-corrected chi connectivity index (χ3v) is 2.75. The van der Waals surface area contributed by atoms with Crippen LogP contribution in [0.25, 0.3) is 0 Å². The van der Waals surface area contributed by atoms with Crippen molar-refractivity contribution in [3.8, 4) is 0 Å². The number of fused-ring (bicyclic) bond motifs is 1. The van der Waals surface area contributed by atoms with E-state index in [0.717, 1.165) is 0 Å². The Kier molecular flexibility index (Phi) is 1.85. The normalized spacial score (nSPS) is 54.5. The zero-order chi connectivity index (χ0) is 8.88. The van der Waals surface area contributed by atoms with Gasteiger partial charge in [0.25, 0.3) is 0 Å². The predicted octanol–water partition coefficient (Wildman–Crippen LogP) is -2.87. The van der Waals surface area contributed by atoms with Crippen LogP contribution in [0, 0.1) is 0 Å². The Morgan fingerprint density at radius 1 is 0.833 bits per heavy atom. The number of aliphatic hydroxyl groups is 4. The van der Waals surface area contributed by atoms with E-state index in [-0.39, 0.29) is 0 Å². The molecule has 0 aromatic carbocycles. The lowest BCUT2D eigenvalue weighted by Gasteiger charge is -2.19. The highest BCUT2D eigenvalue weighted by Crippen LogP contribution is 2.28. The van der Waals surface area contributed by atoms with E-state index in [1.807, 2.05) is 0 Å². The van der Waals surface area contributed by atoms with Crippen LogP contribution >= 0.6 is 0 Å². The summed E-state index contributed by atoms with van der Waals surface area (Å²) in [7, 11) is 0. The summed E-state index contributed by atoms with van der Waals surface area (Å²) >= 11 is 0. The van der Waals surface area contributed by atoms with E-state index in [1.165, 1.54) is 0 Å². The van der Waals surface area contributed by atoms with E-state index in [0.29, 0.717) is 13.1 Å². The van der Waals surface area contributed by atoms with Crippen molar-refractivity contribution in [3.63, 3.8) is 0 Å². The minimum absolute atomic E-state index is 0.333. The highest BCUT2D eigenvalue weighted by molar-refractivity contribution is 5.05. The van der Waals surface area contributed by atoms with Crippen LogP contribution in [0.5, 0.6) is 0 Å². The van der Waals surface area contributed by atoms with Crippen LogP contribution in [0.15, 0.2) is 0 Å². The molecule has 3 unspecified atom stereocenters. The first-order valence-corrected chi connectivity index (χ1v) is 4.07. The van der Waals surface area contributed by atoms with E-state index in [2.05, 4.69) is 0 Å². The lowest BCUT2D eigenvalue weighted by molar-refractivity contribution is -0.0206. The quantitative estimate of drug-likeness (QED) is 0.318. The maximum atomic E-state index is 9.39. The van der Waals surface area contributed by atoms with E-state index in [4.69, 9.17) is 0 Å². The van der Waals surface area contributed by atoms with Gasteiger partial charge in [-0.25, -0.2) is 0 Å². The van der Waals surface area contributed by atoms with Gasteiger partial charge in [0.05, 0.1) is 30.5 Å². The van der Waals surface area contributed by atoms with Crippen LogP contribution in [-0.4, -0.2) is 68.9 Å². The molecular weight excluding hydrogens is 162 g/mol. The molecule has 0 radical (unpaired) electrons. The van der Waals surface area contributed by atoms with Gasteiger partial charge in [-0.1, -0.05) is 0 Å². The first-order chi connectivity index (χ1) is 5.61. The molecule has 0 saturated carbocycles. The summed E-state index contributed by atoms with van der Waals surface area (Å²) in [5.41, 5.74) is 0. The molecule has 70 valence electrons. The summed E-state index contributed by atoms with van der Waals surface area (Å²) in [6.45, 7) is 0.667. The third kappa shape index (κ3) is 0.982. The average Bonchev–Trinajstić information content (AvgIpc) is 2.40. The van der Waals surface area contributed by atoms with Crippen LogP contribution in [0.4, 0.5) is 0 Å². The number of rotatable bonds is 0. The second-order valence-corrected chi connectivity index (χ2v) is 3.56. The number of aliphatic hydroxyl groups excluding tert-OH is 4. The van der Waals surface area contributed by atoms with Crippen molar-refractivity contribution in [2.45, 2.75) is 30.5 Å². The van der Waals surface area contributed by atoms with Crippen molar-refractivity contribution in [3.05, 3.63) is 0 Å². The molecule has 5 atom stereocenters. The van der Waals surface area contributed by atoms with Gasteiger partial charge < -0.3 is 20.4 Å². The fraction of sp³-hybridized carbons (Fsp3) is 1.00. The first-order valence-electron chi connectivity index (χ1n) is 4.07. The Labute approximate surface area is 69.9 Å². The van der Waals surface area contributed by atoms with Crippen LogP contribution in [0.3, 0.4) is 0 Å². The van der Waals surface area contributed by atoms with Gasteiger partial charge in [-0.2, -0.15) is 0 Å². The zero-order valence-corrected chi connectivity index (χ0v) is 6.54. The van der Waals surface area contributed by atoms with E-state index in [9.17, 15) is 20.4 Å². The SMILES string of the molecule is OC1CN2CC(O)[C@H](O)C2[C@@H]1O. The fourth-order valence-corrected chi connectivity index (χ4v) is 2.10. The molecule has 2 rings (SSSR count). The largest absolute Gasteiger partial charge is 0.389 e. The lowest BCUT2D eigenvalue weighted by atomic mass is 10.0. The molecule has 4 N–H and O–H groups in total. The van der Waals surface area contributed by atoms with E-state index >= 15 is 0 Å². The summed E-state index contributed by atoms with van der Waals surface area (Å²) in [4.78, 5) is 1.71. The van der Waals surface area contributed by atoms with Gasteiger partial charge in [-0.05, 0) is 0 Å². The Morgan fingerprint density at radius 3 is 1.58 bits per heavy atom. The second kappa shape index (κ2) is 2.65. The second-order valence-electron chi connectivity index (χ2n) is 3.56. The van der Waals surface area contributed by atoms with Gasteiger partial charge in [-0.3, -0.25) is 4.90 Å². The summed E-state index contributed by atoms with van der Waals surface area (Å²) in [6.07, 6.45) is -3.46. The zero-order valence-electron chi connectivity index (χ0n) is 6.54. The fourth-order valence-electron chi connectivity index (χ4n) is 2.10. The molecule has 0 bridgehead atoms. The van der Waals surface area contributed by atoms with Crippen molar-refractivity contribution in [1.29, 1.82) is 0 Å². The number of hydrogen-bond donors (Lipinski definition) is 4. The van der Waals surface area contributed by atoms with Gasteiger partial charge in [0, 0.05) is 13.1 Å². The Hall–Kier alpha value is -0.200. The van der Waals surface area contributed by atoms with Crippen molar-refractivity contribution in [2.24, 2.45) is 0 Å². The molecule has 0 spiro atoms. The summed E-state index contributed by atoms with van der Waals surface area (Å²) < 4.78 is 0. The number of hydrogen-bond acceptors (Lipinski definition) is 5. The summed E-state index contributed by atoms with van der Waals surface area (Å²) in [6, 6.07) is -0.491. The van der Waals surface area contributed by atoms with Gasteiger partial charge in [0.2, 0.25) is 0 Å². The Bertz CT molecular complexity index is 170. The minimum atomic E-state index is -0.933. The minimum Gasteiger partial charge on any atom is -0.389 e. The van der Waals surface area contributed by atoms with Crippen LogP contribution in [0.1, 0.15) is 0 Å². The standard InChI is InChI=1S/C7H13NO4/c9-3-1-8-2-4(10)7(12)5(8)6(3)11/h3-7,9-12H,1-2H2/t3?,4?,5?,6-,7+. The van der Waals surface area contributed by atoms with Gasteiger partial charge >= 0.3 is 0 Å². The highest BCUT2D eigenvalue weighted by atomic mass is 16.4. The monoisotopic (exact) mass is 175 g/mol. The molecule has 0 aromatic rings. The molecule has 2 fully saturated rings. The van der Waals surface area contributed by atoms with Crippen molar-refractivity contribution < 1.29 is 20.4 Å². The van der Waals surface area contributed by atoms with Gasteiger partial charge in [0.1, 0.15) is 0 Å². The molecule has 2 aliphatic heterocycles. The molecule has 2 saturated heterocycles. The maximum absolute atomic E-state index is 9.39. The molecule has 0 amide bonds. The van der Waals surface area contributed by atoms with Gasteiger partial charge in [-0.15, -0.1) is 0 Å². The molecule has 0 aliphatic carbocycles. The Balaban J connectivity index is 2.15. The summed E-state index contributed by atoms with van der Waals surface area (Å²) in [5, 5.41) is 37.2. The third-order valence-electron chi connectivity index (χ3n) is 2.75. The van der Waals surface area contributed by atoms with E-state index in [1.54, 1.807) is 4.90 Å². The average molecular weight is 175 g/mol. The first kappa shape index (κ1) is 8.40. The van der Waals surface area contributed by atoms with Crippen molar-refractivity contribution >= 4 is 0 Å². The van der Waals surface area contributed by atoms with E-state index < -0.39 is 30.5 Å². The molecule has 2 aliphatic rings. The molecule has 5 heteroatoms. The molecule has 12 heavy (non-hydrogen) atoms. The lowest BCUT2D eigenvalue weighted by Crippen LogP contribution is -2.41. The molecular formula is C7H13NO4. The highest BCUT2D eigenvalue weighted by Gasteiger charge is 2.51. The van der Waals surface area contributed by atoms with Crippen molar-refractivity contribution in [2.75, 3.05) is 13.1 Å². The van der Waals surface area contributed by atoms with Crippen LogP contribution in [0.2, 0.25) is 0 Å². The number of nitrogens with zero attached hydrogens (tertiary/aromatic N) is 1. The molecule has 2 heterocycles. The van der Waals surface area contributed by atoms with Gasteiger partial charge in [0.15, 0.2) is 0 Å². The maximum Gasteiger partial charge on any atom is 0.0992 e. The van der Waals surface area contributed by atoms with Crippen molar-refractivity contribution in [1.82, 2.24) is 4.90 Å². The predicted molar refractivity (Wildman–Crippen MR) is 39.4 cm³/mol. The van der Waals surface area contributed by atoms with Crippen LogP contribution in [-0.2, 0) is 0 Å². The van der Waals surface area contributed by atoms with Crippen LogP contribution < -0.4 is 0 Å². The molecule has 5 nitrogen and oxygen atoms in total.